The molecule has 0 spiro atoms. The lowest BCUT2D eigenvalue weighted by atomic mass is 9.99. The number of halogens is 1. The van der Waals surface area contributed by atoms with Gasteiger partial charge in [0.25, 0.3) is 5.91 Å². The van der Waals surface area contributed by atoms with Crippen molar-refractivity contribution in [3.63, 3.8) is 0 Å². The number of hydrogen-bond acceptors (Lipinski definition) is 5. The quantitative estimate of drug-likeness (QED) is 0.596. The van der Waals surface area contributed by atoms with Crippen molar-refractivity contribution in [2.24, 2.45) is 0 Å². The van der Waals surface area contributed by atoms with Crippen LogP contribution in [0.1, 0.15) is 41.8 Å². The zero-order valence-electron chi connectivity index (χ0n) is 19.9. The van der Waals surface area contributed by atoms with Crippen LogP contribution in [0.5, 0.6) is 11.5 Å². The van der Waals surface area contributed by atoms with Crippen LogP contribution in [0.2, 0.25) is 0 Å². The molecule has 3 aromatic rings. The Morgan fingerprint density at radius 2 is 2.09 bits per heavy atom. The first-order chi connectivity index (χ1) is 16.8. The van der Waals surface area contributed by atoms with Crippen molar-refractivity contribution in [1.82, 2.24) is 19.8 Å². The van der Waals surface area contributed by atoms with E-state index in [4.69, 9.17) is 4.74 Å². The molecule has 2 aliphatic rings. The van der Waals surface area contributed by atoms with Gasteiger partial charge in [0.05, 0.1) is 29.6 Å². The van der Waals surface area contributed by atoms with Crippen molar-refractivity contribution in [3.05, 3.63) is 53.1 Å². The minimum absolute atomic E-state index is 0.0440. The van der Waals surface area contributed by atoms with Crippen molar-refractivity contribution in [2.45, 2.75) is 45.8 Å². The third-order valence-electron chi connectivity index (χ3n) is 6.89. The molecule has 184 valence electrons. The number of aliphatic hydroxyl groups is 1. The van der Waals surface area contributed by atoms with Crippen LogP contribution in [-0.2, 0) is 6.42 Å². The number of hydrogen-bond donors (Lipinski definition) is 2. The summed E-state index contributed by atoms with van der Waals surface area (Å²) in [5.41, 5.74) is 2.66. The van der Waals surface area contributed by atoms with Gasteiger partial charge in [0, 0.05) is 37.5 Å². The van der Waals surface area contributed by atoms with E-state index in [0.717, 1.165) is 0 Å². The number of likely N-dealkylation sites (tertiary alicyclic amines) is 1. The number of aliphatic hydroxyl groups excluding tert-OH is 1. The number of amides is 3. The highest BCUT2D eigenvalue weighted by molar-refractivity contribution is 5.99. The van der Waals surface area contributed by atoms with Crippen LogP contribution >= 0.6 is 0 Å². The Balaban J connectivity index is 1.48. The van der Waals surface area contributed by atoms with Crippen LogP contribution in [-0.4, -0.2) is 63.3 Å². The molecular weight excluding hydrogens is 453 g/mol. The molecule has 0 unspecified atom stereocenters. The maximum absolute atomic E-state index is 15.5. The Bertz CT molecular complexity index is 1320. The van der Waals surface area contributed by atoms with Gasteiger partial charge < -0.3 is 20.1 Å². The topological polar surface area (TPSA) is 99.4 Å². The van der Waals surface area contributed by atoms with E-state index in [0.29, 0.717) is 59.6 Å². The second kappa shape index (κ2) is 8.84. The fourth-order valence-corrected chi connectivity index (χ4v) is 4.80. The molecule has 9 nitrogen and oxygen atoms in total. The predicted octanol–water partition coefficient (Wildman–Crippen LogP) is 3.26. The van der Waals surface area contributed by atoms with Gasteiger partial charge in [-0.15, -0.1) is 0 Å². The second-order valence-electron chi connectivity index (χ2n) is 8.99. The minimum atomic E-state index is -0.524. The average molecular weight is 482 g/mol. The van der Waals surface area contributed by atoms with Gasteiger partial charge in [-0.1, -0.05) is 0 Å². The zero-order valence-corrected chi connectivity index (χ0v) is 19.9. The normalized spacial score (nSPS) is 19.3. The van der Waals surface area contributed by atoms with E-state index in [1.807, 2.05) is 6.92 Å². The Hall–Kier alpha value is -3.66. The van der Waals surface area contributed by atoms with Crippen LogP contribution in [0.3, 0.4) is 0 Å². The largest absolute Gasteiger partial charge is 0.452 e. The van der Waals surface area contributed by atoms with Gasteiger partial charge in [-0.25, -0.2) is 13.7 Å². The van der Waals surface area contributed by atoms with E-state index in [9.17, 15) is 14.7 Å². The van der Waals surface area contributed by atoms with E-state index in [-0.39, 0.29) is 30.3 Å². The van der Waals surface area contributed by atoms with Gasteiger partial charge >= 0.3 is 6.03 Å². The molecule has 3 amide bonds. The van der Waals surface area contributed by atoms with Crippen molar-refractivity contribution < 1.29 is 23.8 Å². The first-order valence-electron chi connectivity index (χ1n) is 11.8. The number of urea groups is 1. The fourth-order valence-electron chi connectivity index (χ4n) is 4.80. The lowest BCUT2D eigenvalue weighted by molar-refractivity contribution is -0.0357. The number of ether oxygens (including phenoxy) is 1. The summed E-state index contributed by atoms with van der Waals surface area (Å²) in [7, 11) is 0. The van der Waals surface area contributed by atoms with Gasteiger partial charge in [-0.05, 0) is 51.3 Å². The lowest BCUT2D eigenvalue weighted by Crippen LogP contribution is -2.60. The molecule has 2 aliphatic heterocycles. The number of carbonyl (C=O) groups excluding carboxylic acids is 2. The van der Waals surface area contributed by atoms with E-state index < -0.39 is 11.9 Å². The summed E-state index contributed by atoms with van der Waals surface area (Å²) in [6.45, 7) is 6.74. The molecule has 10 heteroatoms. The summed E-state index contributed by atoms with van der Waals surface area (Å²) in [6, 6.07) is 4.36. The molecule has 4 heterocycles. The predicted molar refractivity (Wildman–Crippen MR) is 128 cm³/mol. The van der Waals surface area contributed by atoms with Crippen molar-refractivity contribution >= 4 is 23.1 Å². The van der Waals surface area contributed by atoms with Gasteiger partial charge in [0.1, 0.15) is 5.52 Å². The number of nitrogens with one attached hydrogen (secondary N) is 1. The Kier molecular flexibility index (Phi) is 5.84. The smallest absolute Gasteiger partial charge is 0.321 e. The third-order valence-corrected chi connectivity index (χ3v) is 6.89. The molecule has 0 aliphatic carbocycles. The number of carbonyl (C=O) groups is 2. The number of rotatable bonds is 4. The van der Waals surface area contributed by atoms with Gasteiger partial charge in [0.15, 0.2) is 17.3 Å². The van der Waals surface area contributed by atoms with Crippen LogP contribution < -0.4 is 15.0 Å². The molecular formula is C25H28FN5O4. The Morgan fingerprint density at radius 1 is 1.29 bits per heavy atom. The lowest BCUT2D eigenvalue weighted by Gasteiger charge is -2.43. The molecule has 1 fully saturated rings. The first kappa shape index (κ1) is 23.1. The number of fused-ring (bicyclic) bond motifs is 2. The van der Waals surface area contributed by atoms with Crippen LogP contribution in [0.15, 0.2) is 30.6 Å². The third kappa shape index (κ3) is 3.78. The van der Waals surface area contributed by atoms with Gasteiger partial charge in [0.2, 0.25) is 0 Å². The molecule has 1 aromatic carbocycles. The van der Waals surface area contributed by atoms with Crippen molar-refractivity contribution in [1.29, 1.82) is 0 Å². The van der Waals surface area contributed by atoms with E-state index in [1.54, 1.807) is 46.5 Å². The highest BCUT2D eigenvalue weighted by Crippen LogP contribution is 2.38. The summed E-state index contributed by atoms with van der Waals surface area (Å²) in [4.78, 5) is 28.6. The van der Waals surface area contributed by atoms with E-state index in [2.05, 4.69) is 10.4 Å². The number of aryl methyl sites for hydroxylation is 1. The maximum Gasteiger partial charge on any atom is 0.321 e. The number of aromatic nitrogens is 2. The molecule has 0 radical (unpaired) electrons. The number of β-amino-alcohol motifs (C(OH)–C–C–N with tert-alkyl or cyclic N) is 1. The average Bonchev–Trinajstić information content (AvgIpc) is 3.20. The van der Waals surface area contributed by atoms with E-state index in [1.165, 1.54) is 12.3 Å². The molecule has 2 aromatic heterocycles. The van der Waals surface area contributed by atoms with Gasteiger partial charge in [-0.3, -0.25) is 9.69 Å². The van der Waals surface area contributed by atoms with Crippen LogP contribution in [0, 0.1) is 12.7 Å². The van der Waals surface area contributed by atoms with Crippen LogP contribution in [0.25, 0.3) is 5.52 Å². The van der Waals surface area contributed by atoms with Gasteiger partial charge in [-0.2, -0.15) is 5.10 Å². The summed E-state index contributed by atoms with van der Waals surface area (Å²) < 4.78 is 23.1. The molecule has 1 saturated heterocycles. The number of anilines is 1. The Morgan fingerprint density at radius 3 is 2.80 bits per heavy atom. The number of nitrogens with zero attached hydrogens (tertiary/aromatic N) is 4. The molecule has 5 rings (SSSR count). The SMILES string of the molecule is CCNC(=O)N1CCCc2c1ccc(Oc1ccnn3cc(C(=O)N4C[C@@H](O)[C@H]4C)c(C)c13)c2F. The number of benzene rings is 1. The molecule has 0 saturated carbocycles. The van der Waals surface area contributed by atoms with Crippen molar-refractivity contribution in [2.75, 3.05) is 24.5 Å². The standard InChI is InChI=1S/C25H28FN5O4/c1-4-27-25(34)29-11-5-6-16-18(29)7-8-20(22(16)26)35-21-9-10-28-31-12-17(14(2)23(21)31)24(33)30-13-19(32)15(30)3/h7-10,12,15,19,32H,4-6,11,13H2,1-3H3,(H,27,34)/t15-,19-/m1/s1. The Labute approximate surface area is 202 Å². The summed E-state index contributed by atoms with van der Waals surface area (Å²) in [6.07, 6.45) is 3.79. The highest BCUT2D eigenvalue weighted by Gasteiger charge is 2.38. The molecule has 35 heavy (non-hydrogen) atoms. The van der Waals surface area contributed by atoms with E-state index >= 15 is 4.39 Å². The maximum atomic E-state index is 15.5. The fraction of sp³-hybridized carbons (Fsp3) is 0.400. The molecule has 2 atom stereocenters. The molecule has 0 bridgehead atoms. The first-order valence-corrected chi connectivity index (χ1v) is 11.8. The zero-order chi connectivity index (χ0) is 24.9. The molecule has 2 N–H and O–H groups in total. The summed E-state index contributed by atoms with van der Waals surface area (Å²) >= 11 is 0. The monoisotopic (exact) mass is 481 g/mol. The van der Waals surface area contributed by atoms with Crippen LogP contribution in [0.4, 0.5) is 14.9 Å². The second-order valence-corrected chi connectivity index (χ2v) is 8.99. The highest BCUT2D eigenvalue weighted by atomic mass is 19.1. The minimum Gasteiger partial charge on any atom is -0.452 e. The summed E-state index contributed by atoms with van der Waals surface area (Å²) in [5.74, 6) is -0.288. The summed E-state index contributed by atoms with van der Waals surface area (Å²) in [5, 5.41) is 16.9. The van der Waals surface area contributed by atoms with Crippen molar-refractivity contribution in [3.8, 4) is 11.5 Å².